The molecule has 2 rings (SSSR count). The van der Waals surface area contributed by atoms with Crippen LogP contribution in [0.2, 0.25) is 5.02 Å². The summed E-state index contributed by atoms with van der Waals surface area (Å²) in [5.41, 5.74) is 1.21. The Morgan fingerprint density at radius 2 is 1.92 bits per heavy atom. The number of anilines is 2. The molecule has 0 aliphatic carbocycles. The Morgan fingerprint density at radius 3 is 2.52 bits per heavy atom. The van der Waals surface area contributed by atoms with E-state index in [4.69, 9.17) is 11.6 Å². The molecule has 25 heavy (non-hydrogen) atoms. The maximum atomic E-state index is 13.3. The van der Waals surface area contributed by atoms with Gasteiger partial charge in [-0.25, -0.2) is 12.8 Å². The molecule has 8 heteroatoms. The smallest absolute Gasteiger partial charge is 0.247 e. The molecule has 0 aliphatic heterocycles. The number of benzene rings is 2. The summed E-state index contributed by atoms with van der Waals surface area (Å²) in [6.45, 7) is 3.18. The van der Waals surface area contributed by atoms with Gasteiger partial charge in [0, 0.05) is 10.7 Å². The number of sulfonamides is 1. The quantitative estimate of drug-likeness (QED) is 0.856. The van der Waals surface area contributed by atoms with Crippen LogP contribution in [0.15, 0.2) is 42.5 Å². The molecule has 5 nitrogen and oxygen atoms in total. The second kappa shape index (κ2) is 7.41. The molecule has 0 radical (unpaired) electrons. The second-order valence-corrected chi connectivity index (χ2v) is 7.96. The van der Waals surface area contributed by atoms with Crippen molar-refractivity contribution in [1.29, 1.82) is 0 Å². The number of nitrogens with zero attached hydrogens (tertiary/aromatic N) is 1. The van der Waals surface area contributed by atoms with E-state index in [2.05, 4.69) is 5.32 Å². The van der Waals surface area contributed by atoms with Gasteiger partial charge in [-0.2, -0.15) is 0 Å². The molecule has 1 atom stereocenters. The van der Waals surface area contributed by atoms with E-state index in [0.717, 1.165) is 16.6 Å². The fraction of sp³-hybridized carbons (Fsp3) is 0.235. The van der Waals surface area contributed by atoms with Crippen molar-refractivity contribution in [3.63, 3.8) is 0 Å². The fourth-order valence-electron chi connectivity index (χ4n) is 2.41. The first-order chi connectivity index (χ1) is 11.6. The lowest BCUT2D eigenvalue weighted by atomic mass is 10.1. The van der Waals surface area contributed by atoms with E-state index in [-0.39, 0.29) is 5.69 Å². The van der Waals surface area contributed by atoms with Gasteiger partial charge in [-0.3, -0.25) is 9.10 Å². The fourth-order valence-corrected chi connectivity index (χ4v) is 3.80. The number of amides is 1. The maximum Gasteiger partial charge on any atom is 0.247 e. The number of hydrogen-bond donors (Lipinski definition) is 1. The summed E-state index contributed by atoms with van der Waals surface area (Å²) in [5.74, 6) is -1.09. The van der Waals surface area contributed by atoms with Gasteiger partial charge in [0.05, 0.1) is 11.9 Å². The number of nitrogens with one attached hydrogen (secondary N) is 1. The highest BCUT2D eigenvalue weighted by Gasteiger charge is 2.30. The summed E-state index contributed by atoms with van der Waals surface area (Å²) in [6.07, 6.45) is 1.01. The van der Waals surface area contributed by atoms with E-state index in [1.165, 1.54) is 31.2 Å². The number of halogens is 2. The van der Waals surface area contributed by atoms with Gasteiger partial charge in [-0.15, -0.1) is 0 Å². The van der Waals surface area contributed by atoms with E-state index < -0.39 is 27.8 Å². The molecule has 0 spiro atoms. The summed E-state index contributed by atoms with van der Waals surface area (Å²) in [7, 11) is -3.76. The molecule has 0 fully saturated rings. The van der Waals surface area contributed by atoms with Crippen LogP contribution in [0.3, 0.4) is 0 Å². The predicted molar refractivity (Wildman–Crippen MR) is 98.0 cm³/mol. The van der Waals surface area contributed by atoms with Crippen LogP contribution in [0.1, 0.15) is 12.5 Å². The van der Waals surface area contributed by atoms with Gasteiger partial charge in [0.2, 0.25) is 15.9 Å². The van der Waals surface area contributed by atoms with Crippen LogP contribution in [0.25, 0.3) is 0 Å². The molecule has 0 aromatic heterocycles. The van der Waals surface area contributed by atoms with Gasteiger partial charge < -0.3 is 5.32 Å². The topological polar surface area (TPSA) is 66.5 Å². The number of carbonyl (C=O) groups is 1. The molecule has 2 aromatic carbocycles. The van der Waals surface area contributed by atoms with Crippen molar-refractivity contribution in [3.05, 3.63) is 58.9 Å². The highest BCUT2D eigenvalue weighted by molar-refractivity contribution is 7.92. The second-order valence-electron chi connectivity index (χ2n) is 5.67. The normalized spacial score (nSPS) is 12.5. The van der Waals surface area contributed by atoms with Crippen LogP contribution in [0.4, 0.5) is 15.8 Å². The monoisotopic (exact) mass is 384 g/mol. The first-order valence-corrected chi connectivity index (χ1v) is 9.64. The van der Waals surface area contributed by atoms with Crippen molar-refractivity contribution in [2.75, 3.05) is 15.9 Å². The minimum atomic E-state index is -3.76. The zero-order valence-electron chi connectivity index (χ0n) is 14.0. The van der Waals surface area contributed by atoms with Crippen LogP contribution < -0.4 is 9.62 Å². The molecule has 134 valence electrons. The average Bonchev–Trinajstić information content (AvgIpc) is 2.49. The van der Waals surface area contributed by atoms with Crippen LogP contribution >= 0.6 is 11.6 Å². The zero-order valence-corrected chi connectivity index (χ0v) is 15.5. The number of aryl methyl sites for hydroxylation is 1. The summed E-state index contributed by atoms with van der Waals surface area (Å²) >= 11 is 5.98. The summed E-state index contributed by atoms with van der Waals surface area (Å²) in [4.78, 5) is 12.5. The molecule has 0 aliphatic rings. The molecule has 0 saturated carbocycles. The lowest BCUT2D eigenvalue weighted by Gasteiger charge is -2.29. The first-order valence-electron chi connectivity index (χ1n) is 7.41. The first kappa shape index (κ1) is 19.2. The van der Waals surface area contributed by atoms with Gasteiger partial charge >= 0.3 is 0 Å². The van der Waals surface area contributed by atoms with E-state index in [1.807, 2.05) is 0 Å². The zero-order chi connectivity index (χ0) is 18.8. The van der Waals surface area contributed by atoms with E-state index >= 15 is 0 Å². The molecule has 1 amide bonds. The number of rotatable bonds is 5. The van der Waals surface area contributed by atoms with Crippen LogP contribution in [0, 0.1) is 12.7 Å². The largest absolute Gasteiger partial charge is 0.324 e. The molecular formula is C17H18ClFN2O3S. The lowest BCUT2D eigenvalue weighted by molar-refractivity contribution is -0.116. The van der Waals surface area contributed by atoms with Crippen molar-refractivity contribution in [2.45, 2.75) is 19.9 Å². The molecule has 0 saturated heterocycles. The Morgan fingerprint density at radius 1 is 1.24 bits per heavy atom. The Hall–Kier alpha value is -2.12. The van der Waals surface area contributed by atoms with Gasteiger partial charge in [0.25, 0.3) is 0 Å². The van der Waals surface area contributed by atoms with Crippen LogP contribution in [0.5, 0.6) is 0 Å². The summed E-state index contributed by atoms with van der Waals surface area (Å²) in [6, 6.07) is 9.11. The standard InChI is InChI=1S/C17H18ClFN2O3S/c1-11-7-8-13(18)9-16(11)21(25(3,23)24)12(2)17(22)20-15-6-4-5-14(19)10-15/h4-10,12H,1-3H3,(H,20,22)/t12-/m0/s1. The van der Waals surface area contributed by atoms with Gasteiger partial charge in [-0.05, 0) is 49.7 Å². The van der Waals surface area contributed by atoms with Crippen molar-refractivity contribution in [2.24, 2.45) is 0 Å². The summed E-state index contributed by atoms with van der Waals surface area (Å²) in [5, 5.41) is 2.87. The average molecular weight is 385 g/mol. The lowest BCUT2D eigenvalue weighted by Crippen LogP contribution is -2.45. The third kappa shape index (κ3) is 4.70. The number of hydrogen-bond acceptors (Lipinski definition) is 3. The van der Waals surface area contributed by atoms with Gasteiger partial charge in [0.15, 0.2) is 0 Å². The highest BCUT2D eigenvalue weighted by Crippen LogP contribution is 2.28. The SMILES string of the molecule is Cc1ccc(Cl)cc1N([C@@H](C)C(=O)Nc1cccc(F)c1)S(C)(=O)=O. The van der Waals surface area contributed by atoms with Gasteiger partial charge in [-0.1, -0.05) is 23.7 Å². The van der Waals surface area contributed by atoms with E-state index in [0.29, 0.717) is 16.3 Å². The van der Waals surface area contributed by atoms with Crippen molar-refractivity contribution in [1.82, 2.24) is 0 Å². The Bertz CT molecular complexity index is 903. The van der Waals surface area contributed by atoms with Crippen molar-refractivity contribution in [3.8, 4) is 0 Å². The van der Waals surface area contributed by atoms with Gasteiger partial charge in [0.1, 0.15) is 11.9 Å². The molecule has 0 heterocycles. The predicted octanol–water partition coefficient (Wildman–Crippen LogP) is 3.58. The molecule has 0 bridgehead atoms. The third-order valence-corrected chi connectivity index (χ3v) is 5.05. The molecular weight excluding hydrogens is 367 g/mol. The Balaban J connectivity index is 2.38. The minimum Gasteiger partial charge on any atom is -0.324 e. The van der Waals surface area contributed by atoms with Crippen molar-refractivity contribution >= 4 is 38.9 Å². The summed E-state index contributed by atoms with van der Waals surface area (Å²) < 4.78 is 38.8. The third-order valence-electron chi connectivity index (χ3n) is 3.59. The molecule has 1 N–H and O–H groups in total. The van der Waals surface area contributed by atoms with E-state index in [9.17, 15) is 17.6 Å². The van der Waals surface area contributed by atoms with Crippen LogP contribution in [-0.2, 0) is 14.8 Å². The minimum absolute atomic E-state index is 0.244. The van der Waals surface area contributed by atoms with Crippen LogP contribution in [-0.4, -0.2) is 26.6 Å². The molecule has 0 unspecified atom stereocenters. The van der Waals surface area contributed by atoms with E-state index in [1.54, 1.807) is 19.1 Å². The van der Waals surface area contributed by atoms with Crippen molar-refractivity contribution < 1.29 is 17.6 Å². The Kier molecular flexibility index (Phi) is 5.69. The molecule has 2 aromatic rings. The Labute approximate surface area is 151 Å². The maximum absolute atomic E-state index is 13.3. The highest BCUT2D eigenvalue weighted by atomic mass is 35.5. The number of carbonyl (C=O) groups excluding carboxylic acids is 1.